The van der Waals surface area contributed by atoms with Crippen LogP contribution in [0, 0.1) is 10.1 Å². The van der Waals surface area contributed by atoms with Crippen molar-refractivity contribution in [2.45, 2.75) is 18.8 Å². The minimum absolute atomic E-state index is 0.256. The fourth-order valence-electron chi connectivity index (χ4n) is 2.48. The van der Waals surface area contributed by atoms with E-state index >= 15 is 0 Å². The van der Waals surface area contributed by atoms with Gasteiger partial charge in [-0.15, -0.1) is 0 Å². The molecule has 0 bridgehead atoms. The number of nitro benzene ring substituents is 1. The van der Waals surface area contributed by atoms with E-state index in [1.54, 1.807) is 6.08 Å². The Kier molecular flexibility index (Phi) is 5.13. The number of nitrogens with zero attached hydrogens (tertiary/aromatic N) is 1. The molecule has 0 saturated carbocycles. The van der Waals surface area contributed by atoms with Crippen molar-refractivity contribution in [1.29, 1.82) is 0 Å². The molecule has 134 valence electrons. The number of rotatable bonds is 5. The van der Waals surface area contributed by atoms with E-state index < -0.39 is 16.4 Å². The van der Waals surface area contributed by atoms with Crippen LogP contribution in [0.4, 0.5) is 11.4 Å². The van der Waals surface area contributed by atoms with Crippen molar-refractivity contribution in [2.24, 2.45) is 0 Å². The fraction of sp³-hybridized carbons (Fsp3) is 0.167. The lowest BCUT2D eigenvalue weighted by molar-refractivity contribution is -0.385. The van der Waals surface area contributed by atoms with Gasteiger partial charge in [-0.05, 0) is 41.8 Å². The first-order valence-corrected chi connectivity index (χ1v) is 8.86. The summed E-state index contributed by atoms with van der Waals surface area (Å²) in [7, 11) is 0. The quantitative estimate of drug-likeness (QED) is 0.422. The van der Waals surface area contributed by atoms with Crippen molar-refractivity contribution in [1.82, 2.24) is 5.32 Å². The Morgan fingerprint density at radius 1 is 1.31 bits per heavy atom. The number of aromatic hydroxyl groups is 1. The molecule has 8 heteroatoms. The summed E-state index contributed by atoms with van der Waals surface area (Å²) in [4.78, 5) is 22.8. The molecule has 3 rings (SSSR count). The van der Waals surface area contributed by atoms with E-state index in [0.29, 0.717) is 10.5 Å². The van der Waals surface area contributed by atoms with Gasteiger partial charge >= 0.3 is 5.69 Å². The first-order valence-electron chi connectivity index (χ1n) is 7.98. The predicted molar refractivity (Wildman–Crippen MR) is 102 cm³/mol. The van der Waals surface area contributed by atoms with Crippen molar-refractivity contribution in [3.8, 4) is 5.75 Å². The van der Waals surface area contributed by atoms with Crippen LogP contribution in [0.5, 0.6) is 5.75 Å². The van der Waals surface area contributed by atoms with E-state index in [9.17, 15) is 20.0 Å². The molecule has 0 aliphatic carbocycles. The third kappa shape index (κ3) is 3.97. The maximum absolute atomic E-state index is 12.1. The highest BCUT2D eigenvalue weighted by atomic mass is 32.2. The summed E-state index contributed by atoms with van der Waals surface area (Å²) in [5, 5.41) is 26.4. The van der Waals surface area contributed by atoms with Crippen LogP contribution in [0.1, 0.15) is 18.1 Å². The van der Waals surface area contributed by atoms with E-state index in [2.05, 4.69) is 17.6 Å². The number of aryl methyl sites for hydroxylation is 1. The molecule has 0 spiro atoms. The second-order valence-corrected chi connectivity index (χ2v) is 6.83. The summed E-state index contributed by atoms with van der Waals surface area (Å²) in [6.45, 7) is 2.08. The average molecular weight is 371 g/mol. The summed E-state index contributed by atoms with van der Waals surface area (Å²) in [6, 6.07) is 12.0. The summed E-state index contributed by atoms with van der Waals surface area (Å²) in [6.07, 6.45) is 2.52. The van der Waals surface area contributed by atoms with Crippen LogP contribution in [0.3, 0.4) is 0 Å². The van der Waals surface area contributed by atoms with Gasteiger partial charge in [-0.25, -0.2) is 0 Å². The van der Waals surface area contributed by atoms with E-state index in [-0.39, 0.29) is 11.4 Å². The third-order valence-corrected chi connectivity index (χ3v) is 4.91. The van der Waals surface area contributed by atoms with Gasteiger partial charge in [0.2, 0.25) is 0 Å². The molecule has 0 aromatic heterocycles. The Balaban J connectivity index is 1.73. The molecule has 0 radical (unpaired) electrons. The topological polar surface area (TPSA) is 104 Å². The smallest absolute Gasteiger partial charge is 0.311 e. The Hall–Kier alpha value is -3.00. The first kappa shape index (κ1) is 17.8. The molecule has 7 nitrogen and oxygen atoms in total. The van der Waals surface area contributed by atoms with Gasteiger partial charge in [0, 0.05) is 11.8 Å². The van der Waals surface area contributed by atoms with Crippen molar-refractivity contribution in [3.05, 3.63) is 68.6 Å². The van der Waals surface area contributed by atoms with Gasteiger partial charge in [0.25, 0.3) is 5.91 Å². The van der Waals surface area contributed by atoms with Crippen molar-refractivity contribution in [3.63, 3.8) is 0 Å². The second-order valence-electron chi connectivity index (χ2n) is 5.68. The van der Waals surface area contributed by atoms with E-state index in [1.165, 1.54) is 35.5 Å². The number of hydrogen-bond acceptors (Lipinski definition) is 6. The largest absolute Gasteiger partial charge is 0.502 e. The lowest BCUT2D eigenvalue weighted by Gasteiger charge is -2.12. The summed E-state index contributed by atoms with van der Waals surface area (Å²) < 4.78 is 0. The molecule has 1 amide bonds. The molecule has 2 aromatic carbocycles. The van der Waals surface area contributed by atoms with E-state index in [1.807, 2.05) is 24.3 Å². The van der Waals surface area contributed by atoms with E-state index in [0.717, 1.165) is 12.1 Å². The molecule has 1 atom stereocenters. The lowest BCUT2D eigenvalue weighted by atomic mass is 10.1. The Morgan fingerprint density at radius 3 is 2.69 bits per heavy atom. The summed E-state index contributed by atoms with van der Waals surface area (Å²) >= 11 is 1.29. The van der Waals surface area contributed by atoms with Crippen LogP contribution < -0.4 is 10.6 Å². The Bertz CT molecular complexity index is 881. The monoisotopic (exact) mass is 371 g/mol. The molecule has 0 unspecified atom stereocenters. The molecule has 2 aromatic rings. The number of phenols is 1. The van der Waals surface area contributed by atoms with Gasteiger partial charge in [-0.2, -0.15) is 0 Å². The highest BCUT2D eigenvalue weighted by molar-refractivity contribution is 8.05. The number of phenolic OH excluding ortho intramolecular Hbond substituents is 1. The highest BCUT2D eigenvalue weighted by Gasteiger charge is 2.27. The van der Waals surface area contributed by atoms with Crippen LogP contribution in [-0.2, 0) is 11.2 Å². The van der Waals surface area contributed by atoms with Gasteiger partial charge in [-0.3, -0.25) is 14.9 Å². The molecule has 1 heterocycles. The highest BCUT2D eigenvalue weighted by Crippen LogP contribution is 2.32. The van der Waals surface area contributed by atoms with Gasteiger partial charge in [0.05, 0.1) is 9.83 Å². The number of carbonyl (C=O) groups excluding carboxylic acids is 1. The molecular formula is C18H17N3O4S. The molecule has 1 aliphatic rings. The Morgan fingerprint density at radius 2 is 2.04 bits per heavy atom. The maximum atomic E-state index is 12.1. The lowest BCUT2D eigenvalue weighted by Crippen LogP contribution is -2.30. The summed E-state index contributed by atoms with van der Waals surface area (Å²) in [5.41, 5.74) is 1.87. The first-order chi connectivity index (χ1) is 12.5. The zero-order valence-electron chi connectivity index (χ0n) is 13.9. The number of nitrogens with one attached hydrogen (secondary N) is 2. The zero-order valence-corrected chi connectivity index (χ0v) is 14.7. The van der Waals surface area contributed by atoms with Gasteiger partial charge < -0.3 is 15.7 Å². The molecule has 1 saturated heterocycles. The van der Waals surface area contributed by atoms with Crippen molar-refractivity contribution in [2.75, 3.05) is 5.32 Å². The number of hydrogen-bond donors (Lipinski definition) is 3. The van der Waals surface area contributed by atoms with Crippen LogP contribution >= 0.6 is 11.8 Å². The van der Waals surface area contributed by atoms with Crippen LogP contribution in [0.2, 0.25) is 0 Å². The number of thioether (sulfide) groups is 1. The maximum Gasteiger partial charge on any atom is 0.311 e. The van der Waals surface area contributed by atoms with Crippen LogP contribution in [0.15, 0.2) is 47.4 Å². The normalized spacial score (nSPS) is 18.0. The van der Waals surface area contributed by atoms with E-state index in [4.69, 9.17) is 0 Å². The average Bonchev–Trinajstić information content (AvgIpc) is 2.96. The number of carbonyl (C=O) groups is 1. The molecule has 1 aliphatic heterocycles. The molecule has 3 N–H and O–H groups in total. The molecule has 1 fully saturated rings. The van der Waals surface area contributed by atoms with Crippen LogP contribution in [0.25, 0.3) is 6.08 Å². The summed E-state index contributed by atoms with van der Waals surface area (Å²) in [5.74, 6) is -0.663. The minimum atomic E-state index is -0.663. The second kappa shape index (κ2) is 7.49. The standard InChI is InChI=1S/C18H17N3O4S/c1-2-11-3-6-13(7-4-11)19-18-20-17(23)16(26-18)10-12-5-8-15(22)14(9-12)21(24)25/h3-10,18-19,22H,2H2,1H3,(H,20,23)/b16-10-/t18-/m1/s1. The number of nitro groups is 1. The SMILES string of the molecule is CCc1ccc(N[C@@H]2NC(=O)/C(=C/c3ccc(O)c([N+](=O)[O-])c3)S2)cc1. The molecule has 26 heavy (non-hydrogen) atoms. The van der Waals surface area contributed by atoms with Gasteiger partial charge in [0.15, 0.2) is 11.2 Å². The fourth-order valence-corrected chi connectivity index (χ4v) is 3.47. The van der Waals surface area contributed by atoms with Crippen molar-refractivity contribution >= 4 is 35.1 Å². The van der Waals surface area contributed by atoms with Crippen LogP contribution in [-0.4, -0.2) is 21.4 Å². The van der Waals surface area contributed by atoms with Gasteiger partial charge in [0.1, 0.15) is 0 Å². The predicted octanol–water partition coefficient (Wildman–Crippen LogP) is 3.46. The number of benzene rings is 2. The Labute approximate surface area is 154 Å². The molecular weight excluding hydrogens is 354 g/mol. The zero-order chi connectivity index (χ0) is 18.7. The third-order valence-electron chi connectivity index (χ3n) is 3.88. The number of amides is 1. The van der Waals surface area contributed by atoms with Gasteiger partial charge in [-0.1, -0.05) is 36.9 Å². The number of anilines is 1. The van der Waals surface area contributed by atoms with Crippen molar-refractivity contribution < 1.29 is 14.8 Å². The minimum Gasteiger partial charge on any atom is -0.502 e.